The van der Waals surface area contributed by atoms with Crippen molar-refractivity contribution in [2.24, 2.45) is 0 Å². The van der Waals surface area contributed by atoms with E-state index in [1.54, 1.807) is 0 Å². The third-order valence-electron chi connectivity index (χ3n) is 4.99. The minimum Gasteiger partial charge on any atom is -0.386 e. The van der Waals surface area contributed by atoms with Crippen LogP contribution in [0.3, 0.4) is 0 Å². The van der Waals surface area contributed by atoms with E-state index in [9.17, 15) is 5.11 Å². The molecule has 1 atom stereocenters. The maximum atomic E-state index is 11.2. The molecule has 0 spiro atoms. The fraction of sp³-hybridized carbons (Fsp3) is 0.688. The van der Waals surface area contributed by atoms with E-state index in [2.05, 4.69) is 34.7 Å². The third-order valence-corrected chi connectivity index (χ3v) is 4.99. The monoisotopic (exact) mass is 277 g/mol. The van der Waals surface area contributed by atoms with Gasteiger partial charge in [-0.1, -0.05) is 0 Å². The first-order valence-corrected chi connectivity index (χ1v) is 7.34. The van der Waals surface area contributed by atoms with Crippen LogP contribution in [0.25, 0.3) is 0 Å². The molecule has 20 heavy (non-hydrogen) atoms. The molecule has 1 fully saturated rings. The summed E-state index contributed by atoms with van der Waals surface area (Å²) in [6.45, 7) is 7.86. The van der Waals surface area contributed by atoms with Gasteiger partial charge in [0.15, 0.2) is 0 Å². The molecular formula is C16H27N3O. The molecule has 0 aliphatic carbocycles. The molecule has 1 aliphatic rings. The first kappa shape index (κ1) is 15.3. The minimum atomic E-state index is -0.709. The third kappa shape index (κ3) is 2.67. The maximum Gasteiger partial charge on any atom is 0.0999 e. The van der Waals surface area contributed by atoms with E-state index in [-0.39, 0.29) is 5.54 Å². The van der Waals surface area contributed by atoms with Crippen molar-refractivity contribution in [3.05, 3.63) is 24.0 Å². The van der Waals surface area contributed by atoms with Crippen molar-refractivity contribution in [1.29, 1.82) is 0 Å². The highest BCUT2D eigenvalue weighted by Gasteiger charge is 2.47. The predicted octanol–water partition coefficient (Wildman–Crippen LogP) is 2.06. The zero-order valence-electron chi connectivity index (χ0n) is 13.3. The molecule has 0 saturated carbocycles. The number of aryl methyl sites for hydroxylation is 1. The zero-order valence-corrected chi connectivity index (χ0v) is 13.3. The van der Waals surface area contributed by atoms with E-state index >= 15 is 0 Å². The Morgan fingerprint density at radius 1 is 1.35 bits per heavy atom. The lowest BCUT2D eigenvalue weighted by Crippen LogP contribution is -2.65. The van der Waals surface area contributed by atoms with Gasteiger partial charge in [-0.25, -0.2) is 0 Å². The molecule has 4 heteroatoms. The van der Waals surface area contributed by atoms with Gasteiger partial charge in [-0.15, -0.1) is 0 Å². The standard InChI is InChI=1S/C16H27N3O/c1-13-7-8-14(11-17-13)19-10-6-9-16(20,12-19)15(2,3)18(4)5/h7-8,11,20H,6,9-10,12H2,1-5H3. The topological polar surface area (TPSA) is 39.6 Å². The van der Waals surface area contributed by atoms with E-state index in [4.69, 9.17) is 0 Å². The van der Waals surface area contributed by atoms with Crippen LogP contribution in [0.1, 0.15) is 32.4 Å². The van der Waals surface area contributed by atoms with E-state index < -0.39 is 5.60 Å². The van der Waals surface area contributed by atoms with Crippen molar-refractivity contribution in [3.63, 3.8) is 0 Å². The molecule has 0 bridgehead atoms. The number of likely N-dealkylation sites (N-methyl/N-ethyl adjacent to an activating group) is 1. The predicted molar refractivity (Wildman–Crippen MR) is 83.1 cm³/mol. The Morgan fingerprint density at radius 2 is 2.05 bits per heavy atom. The number of pyridine rings is 1. The molecule has 4 nitrogen and oxygen atoms in total. The molecule has 1 aliphatic heterocycles. The second kappa shape index (κ2) is 5.34. The van der Waals surface area contributed by atoms with Gasteiger partial charge in [-0.05, 0) is 59.8 Å². The molecule has 0 radical (unpaired) electrons. The average Bonchev–Trinajstić information content (AvgIpc) is 2.39. The van der Waals surface area contributed by atoms with Crippen molar-refractivity contribution in [2.45, 2.75) is 44.8 Å². The van der Waals surface area contributed by atoms with Gasteiger partial charge >= 0.3 is 0 Å². The van der Waals surface area contributed by atoms with E-state index in [1.807, 2.05) is 33.3 Å². The van der Waals surface area contributed by atoms with Crippen LogP contribution in [-0.2, 0) is 0 Å². The van der Waals surface area contributed by atoms with Gasteiger partial charge in [0, 0.05) is 24.3 Å². The van der Waals surface area contributed by atoms with Crippen LogP contribution in [0.4, 0.5) is 5.69 Å². The van der Waals surface area contributed by atoms with Crippen LogP contribution < -0.4 is 4.90 Å². The molecule has 1 aromatic rings. The number of nitrogens with zero attached hydrogens (tertiary/aromatic N) is 3. The van der Waals surface area contributed by atoms with E-state index in [0.717, 1.165) is 30.8 Å². The highest BCUT2D eigenvalue weighted by atomic mass is 16.3. The Morgan fingerprint density at radius 3 is 2.60 bits per heavy atom. The summed E-state index contributed by atoms with van der Waals surface area (Å²) in [4.78, 5) is 8.73. The number of rotatable bonds is 3. The van der Waals surface area contributed by atoms with Gasteiger partial charge in [-0.3, -0.25) is 4.98 Å². The molecule has 1 saturated heterocycles. The Bertz CT molecular complexity index is 455. The molecular weight excluding hydrogens is 250 g/mol. The first-order chi connectivity index (χ1) is 9.26. The van der Waals surface area contributed by atoms with Gasteiger partial charge in [0.1, 0.15) is 0 Å². The average molecular weight is 277 g/mol. The van der Waals surface area contributed by atoms with Crippen molar-refractivity contribution in [2.75, 3.05) is 32.1 Å². The van der Waals surface area contributed by atoms with Crippen LogP contribution in [0.15, 0.2) is 18.3 Å². The summed E-state index contributed by atoms with van der Waals surface area (Å²) in [6.07, 6.45) is 3.75. The lowest BCUT2D eigenvalue weighted by atomic mass is 9.76. The summed E-state index contributed by atoms with van der Waals surface area (Å²) in [7, 11) is 4.06. The summed E-state index contributed by atoms with van der Waals surface area (Å²) in [5.41, 5.74) is 1.15. The fourth-order valence-electron chi connectivity index (χ4n) is 2.82. The van der Waals surface area contributed by atoms with Crippen LogP contribution in [0, 0.1) is 6.92 Å². The quantitative estimate of drug-likeness (QED) is 0.918. The number of hydrogen-bond donors (Lipinski definition) is 1. The van der Waals surface area contributed by atoms with Crippen LogP contribution >= 0.6 is 0 Å². The Hall–Kier alpha value is -1.13. The van der Waals surface area contributed by atoms with Gasteiger partial charge in [0.25, 0.3) is 0 Å². The number of hydrogen-bond acceptors (Lipinski definition) is 4. The van der Waals surface area contributed by atoms with E-state index in [1.165, 1.54) is 0 Å². The fourth-order valence-corrected chi connectivity index (χ4v) is 2.82. The van der Waals surface area contributed by atoms with E-state index in [0.29, 0.717) is 6.54 Å². The number of aromatic nitrogens is 1. The smallest absolute Gasteiger partial charge is 0.0999 e. The van der Waals surface area contributed by atoms with Gasteiger partial charge in [0.05, 0.1) is 17.5 Å². The van der Waals surface area contributed by atoms with Crippen LogP contribution in [0.2, 0.25) is 0 Å². The van der Waals surface area contributed by atoms with Gasteiger partial charge in [0.2, 0.25) is 0 Å². The Balaban J connectivity index is 2.22. The van der Waals surface area contributed by atoms with Crippen LogP contribution in [-0.4, -0.2) is 53.3 Å². The number of aliphatic hydroxyl groups is 1. The molecule has 0 aromatic carbocycles. The molecule has 2 rings (SSSR count). The largest absolute Gasteiger partial charge is 0.386 e. The normalized spacial score (nSPS) is 24.2. The molecule has 1 unspecified atom stereocenters. The summed E-state index contributed by atoms with van der Waals surface area (Å²) in [6, 6.07) is 4.12. The second-order valence-corrected chi connectivity index (χ2v) is 6.67. The lowest BCUT2D eigenvalue weighted by molar-refractivity contribution is -0.0882. The molecule has 2 heterocycles. The molecule has 112 valence electrons. The van der Waals surface area contributed by atoms with Gasteiger partial charge in [-0.2, -0.15) is 0 Å². The summed E-state index contributed by atoms with van der Waals surface area (Å²) >= 11 is 0. The van der Waals surface area contributed by atoms with Crippen molar-refractivity contribution < 1.29 is 5.11 Å². The Kier molecular flexibility index (Phi) is 4.07. The van der Waals surface area contributed by atoms with Gasteiger partial charge < -0.3 is 14.9 Å². The number of piperidine rings is 1. The SMILES string of the molecule is Cc1ccc(N2CCCC(O)(C(C)(C)N(C)C)C2)cn1. The zero-order chi connectivity index (χ0) is 15.0. The summed E-state index contributed by atoms with van der Waals surface area (Å²) in [5, 5.41) is 11.2. The first-order valence-electron chi connectivity index (χ1n) is 7.34. The molecule has 0 amide bonds. The molecule has 1 aromatic heterocycles. The lowest BCUT2D eigenvalue weighted by Gasteiger charge is -2.52. The maximum absolute atomic E-state index is 11.2. The minimum absolute atomic E-state index is 0.260. The van der Waals surface area contributed by atoms with Crippen LogP contribution in [0.5, 0.6) is 0 Å². The number of anilines is 1. The second-order valence-electron chi connectivity index (χ2n) is 6.67. The number of β-amino-alcohol motifs (C(OH)–C–C–N with tert-alkyl or cyclic N) is 1. The summed E-state index contributed by atoms with van der Waals surface area (Å²) in [5.74, 6) is 0. The Labute approximate surface area is 122 Å². The molecule has 1 N–H and O–H groups in total. The van der Waals surface area contributed by atoms with Crippen molar-refractivity contribution in [1.82, 2.24) is 9.88 Å². The van der Waals surface area contributed by atoms with Crippen molar-refractivity contribution in [3.8, 4) is 0 Å². The summed E-state index contributed by atoms with van der Waals surface area (Å²) < 4.78 is 0. The highest BCUT2D eigenvalue weighted by molar-refractivity contribution is 5.46. The van der Waals surface area contributed by atoms with Crippen molar-refractivity contribution >= 4 is 5.69 Å². The highest BCUT2D eigenvalue weighted by Crippen LogP contribution is 2.36.